The molecule has 12 heavy (non-hydrogen) atoms. The summed E-state index contributed by atoms with van der Waals surface area (Å²) in [6, 6.07) is 2.81. The van der Waals surface area contributed by atoms with E-state index in [4.69, 9.17) is 11.6 Å². The molecule has 0 amide bonds. The van der Waals surface area contributed by atoms with E-state index in [0.29, 0.717) is 6.92 Å². The van der Waals surface area contributed by atoms with Crippen LogP contribution in [0.25, 0.3) is 0 Å². The Labute approximate surface area is 73.0 Å². The summed E-state index contributed by atoms with van der Waals surface area (Å²) >= 11 is 5.39. The van der Waals surface area contributed by atoms with E-state index >= 15 is 0 Å². The molecule has 1 aromatic carbocycles. The second-order valence-corrected chi connectivity index (χ2v) is 2.92. The highest BCUT2D eigenvalue weighted by Crippen LogP contribution is 2.32. The second-order valence-electron chi connectivity index (χ2n) is 2.51. The van der Waals surface area contributed by atoms with Gasteiger partial charge in [0, 0.05) is 12.5 Å². The summed E-state index contributed by atoms with van der Waals surface area (Å²) in [6.45, 7) is 0.714. The molecule has 0 fully saturated rings. The lowest BCUT2D eigenvalue weighted by molar-refractivity contribution is 0.0175. The van der Waals surface area contributed by atoms with Gasteiger partial charge in [-0.15, -0.1) is 0 Å². The van der Waals surface area contributed by atoms with Crippen LogP contribution in [-0.4, -0.2) is 0 Å². The molecule has 0 saturated carbocycles. The van der Waals surface area contributed by atoms with E-state index in [2.05, 4.69) is 0 Å². The van der Waals surface area contributed by atoms with Gasteiger partial charge in [0.05, 0.1) is 5.02 Å². The summed E-state index contributed by atoms with van der Waals surface area (Å²) in [5.41, 5.74) is -0.356. The average molecular weight is 195 g/mol. The molecule has 0 bridgehead atoms. The lowest BCUT2D eigenvalue weighted by Crippen LogP contribution is -2.07. The van der Waals surface area contributed by atoms with E-state index in [-0.39, 0.29) is 10.6 Å². The molecule has 0 aliphatic carbocycles. The number of halogens is 4. The van der Waals surface area contributed by atoms with E-state index in [1.54, 1.807) is 0 Å². The van der Waals surface area contributed by atoms with Crippen molar-refractivity contribution in [2.24, 2.45) is 0 Å². The Kier molecular flexibility index (Phi) is 2.33. The molecule has 0 aliphatic heterocycles. The maximum atomic E-state index is 12.6. The minimum Gasteiger partial charge on any atom is -0.207 e. The fourth-order valence-corrected chi connectivity index (χ4v) is 1.18. The molecule has 0 aliphatic rings. The highest BCUT2D eigenvalue weighted by Gasteiger charge is 2.26. The first kappa shape index (κ1) is 9.39. The molecule has 0 aromatic heterocycles. The van der Waals surface area contributed by atoms with Gasteiger partial charge in [0.15, 0.2) is 0 Å². The van der Waals surface area contributed by atoms with Gasteiger partial charge >= 0.3 is 0 Å². The van der Waals surface area contributed by atoms with Crippen LogP contribution in [0.15, 0.2) is 18.2 Å². The smallest absolute Gasteiger partial charge is 0.207 e. The van der Waals surface area contributed by atoms with Crippen molar-refractivity contribution in [3.05, 3.63) is 34.6 Å². The minimum atomic E-state index is -3.02. The third kappa shape index (κ3) is 1.91. The molecule has 0 nitrogen and oxygen atoms in total. The summed E-state index contributed by atoms with van der Waals surface area (Å²) < 4.78 is 37.7. The predicted octanol–water partition coefficient (Wildman–Crippen LogP) is 3.59. The molecule has 0 saturated heterocycles. The Balaban J connectivity index is 3.19. The van der Waals surface area contributed by atoms with Crippen LogP contribution in [0.2, 0.25) is 5.02 Å². The van der Waals surface area contributed by atoms with Crippen molar-refractivity contribution >= 4 is 11.6 Å². The first-order chi connectivity index (χ1) is 5.41. The van der Waals surface area contributed by atoms with Crippen molar-refractivity contribution in [3.63, 3.8) is 0 Å². The monoisotopic (exact) mass is 194 g/mol. The summed E-state index contributed by atoms with van der Waals surface area (Å²) in [4.78, 5) is 0. The fraction of sp³-hybridized carbons (Fsp3) is 0.250. The SMILES string of the molecule is CC(F)(F)c1ccc(F)cc1Cl. The van der Waals surface area contributed by atoms with Crippen LogP contribution in [-0.2, 0) is 5.92 Å². The van der Waals surface area contributed by atoms with Crippen molar-refractivity contribution in [2.75, 3.05) is 0 Å². The topological polar surface area (TPSA) is 0 Å². The summed E-state index contributed by atoms with van der Waals surface area (Å²) in [5, 5.41) is -0.248. The number of alkyl halides is 2. The van der Waals surface area contributed by atoms with Crippen molar-refractivity contribution < 1.29 is 13.2 Å². The van der Waals surface area contributed by atoms with Gasteiger partial charge in [0.1, 0.15) is 5.82 Å². The van der Waals surface area contributed by atoms with Crippen molar-refractivity contribution in [1.82, 2.24) is 0 Å². The number of benzene rings is 1. The lowest BCUT2D eigenvalue weighted by atomic mass is 10.1. The maximum Gasteiger partial charge on any atom is 0.271 e. The normalized spacial score (nSPS) is 11.8. The molecule has 1 rings (SSSR count). The Morgan fingerprint density at radius 1 is 1.33 bits per heavy atom. The van der Waals surface area contributed by atoms with Gasteiger partial charge in [-0.3, -0.25) is 0 Å². The first-order valence-corrected chi connectivity index (χ1v) is 3.62. The van der Waals surface area contributed by atoms with Crippen molar-refractivity contribution in [1.29, 1.82) is 0 Å². The summed E-state index contributed by atoms with van der Waals surface area (Å²) in [7, 11) is 0. The molecular formula is C8H6ClF3. The van der Waals surface area contributed by atoms with Gasteiger partial charge in [0.25, 0.3) is 5.92 Å². The standard InChI is InChI=1S/C8H6ClF3/c1-8(11,12)6-3-2-5(10)4-7(6)9/h2-4H,1H3. The zero-order valence-corrected chi connectivity index (χ0v) is 7.00. The Morgan fingerprint density at radius 2 is 1.92 bits per heavy atom. The molecule has 1 aromatic rings. The Bertz CT molecular complexity index is 291. The van der Waals surface area contributed by atoms with Crippen molar-refractivity contribution in [2.45, 2.75) is 12.8 Å². The molecule has 0 radical (unpaired) electrons. The molecule has 0 heterocycles. The van der Waals surface area contributed by atoms with Gasteiger partial charge < -0.3 is 0 Å². The van der Waals surface area contributed by atoms with Crippen LogP contribution < -0.4 is 0 Å². The van der Waals surface area contributed by atoms with Gasteiger partial charge in [-0.05, 0) is 18.2 Å². The van der Waals surface area contributed by atoms with Gasteiger partial charge in [-0.2, -0.15) is 0 Å². The van der Waals surface area contributed by atoms with Crippen LogP contribution in [0, 0.1) is 5.82 Å². The number of hydrogen-bond donors (Lipinski definition) is 0. The van der Waals surface area contributed by atoms with Crippen LogP contribution in [0.5, 0.6) is 0 Å². The van der Waals surface area contributed by atoms with Gasteiger partial charge in [0.2, 0.25) is 0 Å². The Morgan fingerprint density at radius 3 is 2.33 bits per heavy atom. The van der Waals surface area contributed by atoms with Gasteiger partial charge in [-0.1, -0.05) is 11.6 Å². The lowest BCUT2D eigenvalue weighted by Gasteiger charge is -2.11. The minimum absolute atomic E-state index is 0.248. The molecular weight excluding hydrogens is 189 g/mol. The van der Waals surface area contributed by atoms with E-state index in [1.807, 2.05) is 0 Å². The van der Waals surface area contributed by atoms with E-state index in [1.165, 1.54) is 0 Å². The molecule has 0 N–H and O–H groups in total. The molecule has 66 valence electrons. The largest absolute Gasteiger partial charge is 0.271 e. The Hall–Kier alpha value is -0.700. The van der Waals surface area contributed by atoms with Crippen LogP contribution >= 0.6 is 11.6 Å². The molecule has 0 spiro atoms. The zero-order chi connectivity index (χ0) is 9.35. The van der Waals surface area contributed by atoms with Crippen molar-refractivity contribution in [3.8, 4) is 0 Å². The highest BCUT2D eigenvalue weighted by molar-refractivity contribution is 6.31. The third-order valence-corrected chi connectivity index (χ3v) is 1.72. The van der Waals surface area contributed by atoms with Crippen LogP contribution in [0.3, 0.4) is 0 Å². The fourth-order valence-electron chi connectivity index (χ4n) is 0.845. The van der Waals surface area contributed by atoms with Crippen LogP contribution in [0.1, 0.15) is 12.5 Å². The molecule has 0 atom stereocenters. The van der Waals surface area contributed by atoms with E-state index in [0.717, 1.165) is 18.2 Å². The highest BCUT2D eigenvalue weighted by atomic mass is 35.5. The molecule has 4 heteroatoms. The summed E-state index contributed by atoms with van der Waals surface area (Å²) in [5.74, 6) is -3.64. The second kappa shape index (κ2) is 2.98. The predicted molar refractivity (Wildman–Crippen MR) is 41.0 cm³/mol. The number of rotatable bonds is 1. The van der Waals surface area contributed by atoms with E-state index < -0.39 is 11.7 Å². The molecule has 0 unspecified atom stereocenters. The van der Waals surface area contributed by atoms with Crippen LogP contribution in [0.4, 0.5) is 13.2 Å². The quantitative estimate of drug-likeness (QED) is 0.641. The zero-order valence-electron chi connectivity index (χ0n) is 6.24. The van der Waals surface area contributed by atoms with E-state index in [9.17, 15) is 13.2 Å². The maximum absolute atomic E-state index is 12.6. The summed E-state index contributed by atoms with van der Waals surface area (Å²) in [6.07, 6.45) is 0. The first-order valence-electron chi connectivity index (χ1n) is 3.24. The third-order valence-electron chi connectivity index (χ3n) is 1.40. The number of hydrogen-bond acceptors (Lipinski definition) is 0. The van der Waals surface area contributed by atoms with Gasteiger partial charge in [-0.25, -0.2) is 13.2 Å². The average Bonchev–Trinajstić information content (AvgIpc) is 1.83.